The van der Waals surface area contributed by atoms with E-state index in [1.807, 2.05) is 78.3 Å². The zero-order chi connectivity index (χ0) is 21.5. The summed E-state index contributed by atoms with van der Waals surface area (Å²) in [5.74, 6) is 0.673. The Morgan fingerprint density at radius 2 is 1.41 bits per heavy atom. The lowest BCUT2D eigenvalue weighted by Gasteiger charge is -2.07. The number of hydrogen-bond acceptors (Lipinski definition) is 6. The Kier molecular flexibility index (Phi) is 4.14. The molecule has 0 radical (unpaired) electrons. The van der Waals surface area contributed by atoms with Crippen molar-refractivity contribution < 1.29 is 0 Å². The van der Waals surface area contributed by atoms with E-state index in [-0.39, 0.29) is 0 Å². The van der Waals surface area contributed by atoms with Crippen LogP contribution in [0.25, 0.3) is 33.4 Å². The molecule has 2 aromatic carbocycles. The van der Waals surface area contributed by atoms with E-state index in [4.69, 9.17) is 0 Å². The van der Waals surface area contributed by atoms with Crippen LogP contribution in [0.2, 0.25) is 0 Å². The van der Waals surface area contributed by atoms with Gasteiger partial charge in [0.25, 0.3) is 0 Å². The van der Waals surface area contributed by atoms with Crippen LogP contribution in [0, 0.1) is 6.92 Å². The number of aromatic nitrogens is 7. The third-order valence-corrected chi connectivity index (χ3v) is 5.34. The lowest BCUT2D eigenvalue weighted by Crippen LogP contribution is -2.00. The summed E-state index contributed by atoms with van der Waals surface area (Å²) in [4.78, 5) is 13.6. The molecule has 6 aromatic rings. The number of benzene rings is 2. The summed E-state index contributed by atoms with van der Waals surface area (Å²) in [6.07, 6.45) is 5.10. The fourth-order valence-electron chi connectivity index (χ4n) is 3.80. The van der Waals surface area contributed by atoms with Gasteiger partial charge in [-0.05, 0) is 37.3 Å². The average Bonchev–Trinajstić information content (AvgIpc) is 3.42. The molecule has 0 spiro atoms. The molecule has 0 aliphatic heterocycles. The standard InChI is InChI=1S/C24H18N8/c1-16-20-12-17(13-25-23(20)32(30-16)19-10-6-3-7-11-19)29-22-21-14-28-31(24(21)27-15-26-22)18-8-4-2-5-9-18/h2-15H,1H3,(H,26,27,29). The maximum Gasteiger partial charge on any atom is 0.168 e. The summed E-state index contributed by atoms with van der Waals surface area (Å²) < 4.78 is 3.67. The molecule has 1 N–H and O–H groups in total. The molecule has 8 heteroatoms. The highest BCUT2D eigenvalue weighted by Gasteiger charge is 2.14. The summed E-state index contributed by atoms with van der Waals surface area (Å²) in [5.41, 5.74) is 5.19. The fourth-order valence-corrected chi connectivity index (χ4v) is 3.80. The first kappa shape index (κ1) is 18.2. The number of aryl methyl sites for hydroxylation is 1. The van der Waals surface area contributed by atoms with Crippen molar-refractivity contribution in [2.45, 2.75) is 6.92 Å². The van der Waals surface area contributed by atoms with Crippen LogP contribution in [0.3, 0.4) is 0 Å². The second kappa shape index (κ2) is 7.28. The number of nitrogens with zero attached hydrogens (tertiary/aromatic N) is 7. The van der Waals surface area contributed by atoms with Crippen LogP contribution in [-0.4, -0.2) is 34.5 Å². The maximum atomic E-state index is 4.68. The molecule has 0 amide bonds. The third-order valence-electron chi connectivity index (χ3n) is 5.34. The van der Waals surface area contributed by atoms with Gasteiger partial charge < -0.3 is 5.32 Å². The van der Waals surface area contributed by atoms with E-state index in [2.05, 4.69) is 30.5 Å². The first-order chi connectivity index (χ1) is 15.8. The van der Waals surface area contributed by atoms with Gasteiger partial charge in [-0.3, -0.25) is 0 Å². The van der Waals surface area contributed by atoms with Gasteiger partial charge in [-0.15, -0.1) is 0 Å². The van der Waals surface area contributed by atoms with Gasteiger partial charge in [0, 0.05) is 5.39 Å². The lowest BCUT2D eigenvalue weighted by atomic mass is 10.2. The van der Waals surface area contributed by atoms with E-state index in [0.29, 0.717) is 5.82 Å². The predicted molar refractivity (Wildman–Crippen MR) is 124 cm³/mol. The molecular weight excluding hydrogens is 400 g/mol. The molecule has 8 nitrogen and oxygen atoms in total. The Bertz CT molecular complexity index is 1550. The molecule has 32 heavy (non-hydrogen) atoms. The number of rotatable bonds is 4. The van der Waals surface area contributed by atoms with Crippen LogP contribution in [0.15, 0.2) is 85.5 Å². The molecule has 0 unspecified atom stereocenters. The molecule has 0 aliphatic carbocycles. The molecule has 4 aromatic heterocycles. The fraction of sp³-hybridized carbons (Fsp3) is 0.0417. The molecule has 0 saturated carbocycles. The van der Waals surface area contributed by atoms with Gasteiger partial charge in [-0.1, -0.05) is 36.4 Å². The van der Waals surface area contributed by atoms with Crippen LogP contribution < -0.4 is 5.32 Å². The van der Waals surface area contributed by atoms with Crippen LogP contribution in [0.1, 0.15) is 5.69 Å². The Hall–Kier alpha value is -4.59. The molecule has 0 atom stereocenters. The zero-order valence-corrected chi connectivity index (χ0v) is 17.2. The normalized spacial score (nSPS) is 11.3. The highest BCUT2D eigenvalue weighted by molar-refractivity contribution is 5.90. The molecule has 0 bridgehead atoms. The predicted octanol–water partition coefficient (Wildman–Crippen LogP) is 4.60. The molecular formula is C24H18N8. The number of nitrogens with one attached hydrogen (secondary N) is 1. The lowest BCUT2D eigenvalue weighted by molar-refractivity contribution is 0.878. The molecule has 6 rings (SSSR count). The largest absolute Gasteiger partial charge is 0.338 e. The minimum absolute atomic E-state index is 0.673. The van der Waals surface area contributed by atoms with Crippen LogP contribution in [0.4, 0.5) is 11.5 Å². The molecule has 154 valence electrons. The van der Waals surface area contributed by atoms with Gasteiger partial charge >= 0.3 is 0 Å². The van der Waals surface area contributed by atoms with Crippen LogP contribution >= 0.6 is 0 Å². The first-order valence-corrected chi connectivity index (χ1v) is 10.2. The van der Waals surface area contributed by atoms with E-state index in [9.17, 15) is 0 Å². The van der Waals surface area contributed by atoms with Gasteiger partial charge in [-0.25, -0.2) is 24.3 Å². The monoisotopic (exact) mass is 418 g/mol. The summed E-state index contributed by atoms with van der Waals surface area (Å²) >= 11 is 0. The van der Waals surface area contributed by atoms with Crippen molar-refractivity contribution in [2.24, 2.45) is 0 Å². The second-order valence-electron chi connectivity index (χ2n) is 7.40. The van der Waals surface area contributed by atoms with Crippen molar-refractivity contribution in [2.75, 3.05) is 5.32 Å². The third kappa shape index (κ3) is 2.97. The van der Waals surface area contributed by atoms with Crippen molar-refractivity contribution in [3.63, 3.8) is 0 Å². The van der Waals surface area contributed by atoms with E-state index in [0.717, 1.165) is 44.8 Å². The summed E-state index contributed by atoms with van der Waals surface area (Å²) in [6, 6.07) is 21.9. The topological polar surface area (TPSA) is 86.3 Å². The SMILES string of the molecule is Cc1nn(-c2ccccc2)c2ncc(Nc3ncnc4c3cnn4-c3ccccc3)cc12. The molecule has 4 heterocycles. The second-order valence-corrected chi connectivity index (χ2v) is 7.40. The Morgan fingerprint density at radius 1 is 0.719 bits per heavy atom. The van der Waals surface area contributed by atoms with Crippen molar-refractivity contribution >= 4 is 33.6 Å². The van der Waals surface area contributed by atoms with E-state index < -0.39 is 0 Å². The van der Waals surface area contributed by atoms with E-state index in [1.54, 1.807) is 17.1 Å². The summed E-state index contributed by atoms with van der Waals surface area (Å²) in [7, 11) is 0. The highest BCUT2D eigenvalue weighted by atomic mass is 15.3. The smallest absolute Gasteiger partial charge is 0.168 e. The van der Waals surface area contributed by atoms with E-state index >= 15 is 0 Å². The summed E-state index contributed by atoms with van der Waals surface area (Å²) in [5, 5.41) is 14.4. The first-order valence-electron chi connectivity index (χ1n) is 10.2. The van der Waals surface area contributed by atoms with Crippen LogP contribution in [0.5, 0.6) is 0 Å². The van der Waals surface area contributed by atoms with Gasteiger partial charge in [-0.2, -0.15) is 10.2 Å². The minimum Gasteiger partial charge on any atom is -0.338 e. The van der Waals surface area contributed by atoms with Crippen molar-refractivity contribution in [3.8, 4) is 11.4 Å². The van der Waals surface area contributed by atoms with Crippen LogP contribution in [-0.2, 0) is 0 Å². The number of hydrogen-bond donors (Lipinski definition) is 1. The summed E-state index contributed by atoms with van der Waals surface area (Å²) in [6.45, 7) is 1.99. The van der Waals surface area contributed by atoms with Gasteiger partial charge in [0.2, 0.25) is 0 Å². The maximum absolute atomic E-state index is 4.68. The quantitative estimate of drug-likeness (QED) is 0.450. The minimum atomic E-state index is 0.673. The number of para-hydroxylation sites is 2. The van der Waals surface area contributed by atoms with Gasteiger partial charge in [0.15, 0.2) is 11.3 Å². The zero-order valence-electron chi connectivity index (χ0n) is 17.2. The van der Waals surface area contributed by atoms with Gasteiger partial charge in [0.05, 0.1) is 40.5 Å². The van der Waals surface area contributed by atoms with Crippen molar-refractivity contribution in [1.29, 1.82) is 0 Å². The van der Waals surface area contributed by atoms with Crippen molar-refractivity contribution in [1.82, 2.24) is 34.5 Å². The van der Waals surface area contributed by atoms with Crippen molar-refractivity contribution in [3.05, 3.63) is 91.1 Å². The Morgan fingerprint density at radius 3 is 2.16 bits per heavy atom. The van der Waals surface area contributed by atoms with Gasteiger partial charge in [0.1, 0.15) is 12.1 Å². The Labute approximate surface area is 183 Å². The average molecular weight is 418 g/mol. The molecule has 0 aliphatic rings. The number of fused-ring (bicyclic) bond motifs is 2. The number of anilines is 2. The number of pyridine rings is 1. The van der Waals surface area contributed by atoms with E-state index in [1.165, 1.54) is 6.33 Å². The highest BCUT2D eigenvalue weighted by Crippen LogP contribution is 2.27. The Balaban J connectivity index is 1.40. The molecule has 0 saturated heterocycles. The molecule has 0 fully saturated rings.